The standard InChI is InChI=1S/C9H13NO4/c1-13-9(12)10-8-5(4-11)6-2-3-7(8)14-6/h2-3,5-8,11H,4H2,1H3,(H,10,12). The number of alkyl carbamates (subject to hydrolysis) is 1. The Bertz CT molecular complexity index is 266. The molecule has 0 spiro atoms. The first-order chi connectivity index (χ1) is 6.76. The van der Waals surface area contributed by atoms with Gasteiger partial charge in [0.2, 0.25) is 0 Å². The van der Waals surface area contributed by atoms with Gasteiger partial charge in [0.1, 0.15) is 0 Å². The molecule has 0 radical (unpaired) electrons. The second-order valence-corrected chi connectivity index (χ2v) is 3.46. The van der Waals surface area contributed by atoms with Crippen LogP contribution in [0.5, 0.6) is 0 Å². The molecule has 5 heteroatoms. The van der Waals surface area contributed by atoms with Crippen LogP contribution in [0.3, 0.4) is 0 Å². The molecule has 0 aromatic carbocycles. The molecule has 1 saturated heterocycles. The molecule has 1 fully saturated rings. The predicted octanol–water partition coefficient (Wildman–Crippen LogP) is -0.343. The van der Waals surface area contributed by atoms with Crippen LogP contribution in [0.25, 0.3) is 0 Å². The maximum Gasteiger partial charge on any atom is 0.407 e. The maximum atomic E-state index is 11.0. The maximum absolute atomic E-state index is 11.0. The topological polar surface area (TPSA) is 67.8 Å². The van der Waals surface area contributed by atoms with Crippen LogP contribution >= 0.6 is 0 Å². The Morgan fingerprint density at radius 3 is 2.93 bits per heavy atom. The number of hydrogen-bond donors (Lipinski definition) is 2. The minimum Gasteiger partial charge on any atom is -0.453 e. The van der Waals surface area contributed by atoms with Gasteiger partial charge in [0.25, 0.3) is 0 Å². The van der Waals surface area contributed by atoms with Gasteiger partial charge in [-0.3, -0.25) is 0 Å². The monoisotopic (exact) mass is 199 g/mol. The predicted molar refractivity (Wildman–Crippen MR) is 47.7 cm³/mol. The number of methoxy groups -OCH3 is 1. The first-order valence-electron chi connectivity index (χ1n) is 4.55. The van der Waals surface area contributed by atoms with E-state index in [-0.39, 0.29) is 30.8 Å². The zero-order valence-electron chi connectivity index (χ0n) is 7.84. The number of fused-ring (bicyclic) bond motifs is 2. The second kappa shape index (κ2) is 3.59. The van der Waals surface area contributed by atoms with E-state index in [2.05, 4.69) is 10.1 Å². The molecule has 5 nitrogen and oxygen atoms in total. The number of hydrogen-bond acceptors (Lipinski definition) is 4. The Morgan fingerprint density at radius 2 is 2.29 bits per heavy atom. The summed E-state index contributed by atoms with van der Waals surface area (Å²) in [4.78, 5) is 11.0. The summed E-state index contributed by atoms with van der Waals surface area (Å²) in [5.74, 6) is -0.0656. The average Bonchev–Trinajstić information content (AvgIpc) is 2.77. The zero-order chi connectivity index (χ0) is 10.1. The van der Waals surface area contributed by atoms with Gasteiger partial charge in [-0.05, 0) is 0 Å². The Balaban J connectivity index is 2.04. The van der Waals surface area contributed by atoms with Crippen molar-refractivity contribution in [2.75, 3.05) is 13.7 Å². The molecule has 1 amide bonds. The first kappa shape index (κ1) is 9.48. The van der Waals surface area contributed by atoms with E-state index in [1.807, 2.05) is 12.2 Å². The Labute approximate surface area is 81.7 Å². The molecule has 2 rings (SSSR count). The number of rotatable bonds is 2. The van der Waals surface area contributed by atoms with E-state index in [0.717, 1.165) is 0 Å². The van der Waals surface area contributed by atoms with Crippen LogP contribution in [0.2, 0.25) is 0 Å². The summed E-state index contributed by atoms with van der Waals surface area (Å²) >= 11 is 0. The lowest BCUT2D eigenvalue weighted by Crippen LogP contribution is -2.46. The number of carbonyl (C=O) groups excluding carboxylic acids is 1. The van der Waals surface area contributed by atoms with Gasteiger partial charge in [-0.1, -0.05) is 12.2 Å². The summed E-state index contributed by atoms with van der Waals surface area (Å²) < 4.78 is 9.99. The SMILES string of the molecule is COC(=O)NC1C2C=CC(O2)C1CO. The molecular formula is C9H13NO4. The highest BCUT2D eigenvalue weighted by molar-refractivity contribution is 5.67. The summed E-state index contributed by atoms with van der Waals surface area (Å²) in [5.41, 5.74) is 0. The van der Waals surface area contributed by atoms with E-state index in [0.29, 0.717) is 0 Å². The van der Waals surface area contributed by atoms with Crippen molar-refractivity contribution in [3.05, 3.63) is 12.2 Å². The molecule has 0 saturated carbocycles. The lowest BCUT2D eigenvalue weighted by Gasteiger charge is -2.23. The molecule has 2 aliphatic rings. The van der Waals surface area contributed by atoms with Crippen LogP contribution < -0.4 is 5.32 Å². The van der Waals surface area contributed by atoms with E-state index < -0.39 is 6.09 Å². The number of carbonyl (C=O) groups is 1. The van der Waals surface area contributed by atoms with Gasteiger partial charge in [-0.15, -0.1) is 0 Å². The molecule has 78 valence electrons. The van der Waals surface area contributed by atoms with Gasteiger partial charge in [-0.2, -0.15) is 0 Å². The lowest BCUT2D eigenvalue weighted by molar-refractivity contribution is 0.0941. The minimum atomic E-state index is -0.488. The molecule has 14 heavy (non-hydrogen) atoms. The lowest BCUT2D eigenvalue weighted by atomic mass is 9.90. The molecule has 2 bridgehead atoms. The highest BCUT2D eigenvalue weighted by Crippen LogP contribution is 2.33. The Hall–Kier alpha value is -1.07. The largest absolute Gasteiger partial charge is 0.453 e. The highest BCUT2D eigenvalue weighted by atomic mass is 16.5. The third kappa shape index (κ3) is 1.38. The molecule has 0 aromatic rings. The molecule has 0 aliphatic carbocycles. The van der Waals surface area contributed by atoms with Crippen LogP contribution in [0.15, 0.2) is 12.2 Å². The Kier molecular flexibility index (Phi) is 2.43. The second-order valence-electron chi connectivity index (χ2n) is 3.46. The van der Waals surface area contributed by atoms with Crippen LogP contribution in [0.4, 0.5) is 4.79 Å². The smallest absolute Gasteiger partial charge is 0.407 e. The first-order valence-corrected chi connectivity index (χ1v) is 4.55. The van der Waals surface area contributed by atoms with E-state index in [4.69, 9.17) is 9.84 Å². The van der Waals surface area contributed by atoms with E-state index in [9.17, 15) is 4.79 Å². The third-order valence-electron chi connectivity index (χ3n) is 2.72. The van der Waals surface area contributed by atoms with Crippen LogP contribution in [0, 0.1) is 5.92 Å². The molecule has 2 aliphatic heterocycles. The number of aliphatic hydroxyl groups is 1. The summed E-state index contributed by atoms with van der Waals surface area (Å²) in [7, 11) is 1.31. The average molecular weight is 199 g/mol. The summed E-state index contributed by atoms with van der Waals surface area (Å²) in [6.07, 6.45) is 3.12. The Morgan fingerprint density at radius 1 is 1.57 bits per heavy atom. The van der Waals surface area contributed by atoms with E-state index in [1.165, 1.54) is 7.11 Å². The van der Waals surface area contributed by atoms with Crippen molar-refractivity contribution >= 4 is 6.09 Å². The van der Waals surface area contributed by atoms with Gasteiger partial charge < -0.3 is 19.9 Å². The van der Waals surface area contributed by atoms with Crippen LogP contribution in [0.1, 0.15) is 0 Å². The van der Waals surface area contributed by atoms with Crippen molar-refractivity contribution in [1.82, 2.24) is 5.32 Å². The van der Waals surface area contributed by atoms with Gasteiger partial charge in [0.05, 0.1) is 32.0 Å². The van der Waals surface area contributed by atoms with Crippen molar-refractivity contribution in [2.24, 2.45) is 5.92 Å². The van der Waals surface area contributed by atoms with Crippen molar-refractivity contribution in [1.29, 1.82) is 0 Å². The summed E-state index contributed by atoms with van der Waals surface area (Å²) in [5, 5.41) is 11.8. The number of nitrogens with one attached hydrogen (secondary N) is 1. The normalized spacial score (nSPS) is 38.7. The molecule has 4 unspecified atom stereocenters. The summed E-state index contributed by atoms with van der Waals surface area (Å²) in [6, 6.07) is -0.178. The molecule has 4 atom stereocenters. The molecule has 0 aromatic heterocycles. The quantitative estimate of drug-likeness (QED) is 0.597. The molecular weight excluding hydrogens is 186 g/mol. The van der Waals surface area contributed by atoms with E-state index >= 15 is 0 Å². The van der Waals surface area contributed by atoms with Crippen LogP contribution in [-0.2, 0) is 9.47 Å². The van der Waals surface area contributed by atoms with Gasteiger partial charge in [0.15, 0.2) is 0 Å². The molecule has 2 heterocycles. The fraction of sp³-hybridized carbons (Fsp3) is 0.667. The van der Waals surface area contributed by atoms with E-state index in [1.54, 1.807) is 0 Å². The van der Waals surface area contributed by atoms with Crippen molar-refractivity contribution < 1.29 is 19.4 Å². The number of amides is 1. The van der Waals surface area contributed by atoms with Crippen LogP contribution in [-0.4, -0.2) is 43.2 Å². The highest BCUT2D eigenvalue weighted by Gasteiger charge is 2.46. The summed E-state index contributed by atoms with van der Waals surface area (Å²) in [6.45, 7) is 0.000166. The third-order valence-corrected chi connectivity index (χ3v) is 2.72. The van der Waals surface area contributed by atoms with Crippen molar-refractivity contribution in [3.8, 4) is 0 Å². The number of aliphatic hydroxyl groups excluding tert-OH is 1. The fourth-order valence-electron chi connectivity index (χ4n) is 1.99. The van der Waals surface area contributed by atoms with Gasteiger partial charge in [-0.25, -0.2) is 4.79 Å². The number of ether oxygens (including phenoxy) is 2. The van der Waals surface area contributed by atoms with Crippen molar-refractivity contribution in [3.63, 3.8) is 0 Å². The fourth-order valence-corrected chi connectivity index (χ4v) is 1.99. The minimum absolute atomic E-state index is 0.000166. The van der Waals surface area contributed by atoms with Gasteiger partial charge in [0, 0.05) is 5.92 Å². The zero-order valence-corrected chi connectivity index (χ0v) is 7.84. The van der Waals surface area contributed by atoms with Crippen molar-refractivity contribution in [2.45, 2.75) is 18.2 Å². The molecule has 2 N–H and O–H groups in total. The van der Waals surface area contributed by atoms with Gasteiger partial charge >= 0.3 is 6.09 Å².